The highest BCUT2D eigenvalue weighted by Gasteiger charge is 2.23. The van der Waals surface area contributed by atoms with Crippen LogP contribution in [0.4, 0.5) is 0 Å². The van der Waals surface area contributed by atoms with E-state index in [-0.39, 0.29) is 17.9 Å². The summed E-state index contributed by atoms with van der Waals surface area (Å²) in [5.41, 5.74) is 5.28. The number of hydrogen-bond donors (Lipinski definition) is 2. The predicted molar refractivity (Wildman–Crippen MR) is 66.3 cm³/mol. The topological polar surface area (TPSA) is 75.4 Å². The van der Waals surface area contributed by atoms with Crippen LogP contribution in [0, 0.1) is 0 Å². The number of carbonyl (C=O) groups excluding carboxylic acids is 2. The van der Waals surface area contributed by atoms with Gasteiger partial charge in [-0.2, -0.15) is 0 Å². The van der Waals surface area contributed by atoms with Gasteiger partial charge in [0.15, 0.2) is 0 Å². The number of carbonyl (C=O) groups is 2. The summed E-state index contributed by atoms with van der Waals surface area (Å²) in [6, 6.07) is -0.0214. The smallest absolute Gasteiger partial charge is 0.222 e. The van der Waals surface area contributed by atoms with Crippen LogP contribution >= 0.6 is 0 Å². The van der Waals surface area contributed by atoms with E-state index in [1.807, 2.05) is 20.8 Å². The molecule has 0 spiro atoms. The van der Waals surface area contributed by atoms with E-state index < -0.39 is 5.54 Å². The monoisotopic (exact) mass is 241 g/mol. The molecule has 1 aliphatic heterocycles. The van der Waals surface area contributed by atoms with Gasteiger partial charge >= 0.3 is 0 Å². The summed E-state index contributed by atoms with van der Waals surface area (Å²) in [4.78, 5) is 24.9. The number of nitrogens with zero attached hydrogens (tertiary/aromatic N) is 1. The van der Waals surface area contributed by atoms with Crippen molar-refractivity contribution in [1.29, 1.82) is 0 Å². The molecule has 1 saturated heterocycles. The Morgan fingerprint density at radius 2 is 2.24 bits per heavy atom. The van der Waals surface area contributed by atoms with Gasteiger partial charge in [-0.3, -0.25) is 9.59 Å². The predicted octanol–water partition coefficient (Wildman–Crippen LogP) is 0.241. The number of amides is 2. The molecule has 0 aromatic carbocycles. The molecule has 98 valence electrons. The number of nitrogens with two attached hydrogens (primary N) is 1. The summed E-state index contributed by atoms with van der Waals surface area (Å²) < 4.78 is 0. The van der Waals surface area contributed by atoms with E-state index in [1.54, 1.807) is 4.90 Å². The molecule has 1 aliphatic rings. The van der Waals surface area contributed by atoms with Gasteiger partial charge in [0.1, 0.15) is 0 Å². The first-order chi connectivity index (χ1) is 7.78. The van der Waals surface area contributed by atoms with E-state index in [9.17, 15) is 9.59 Å². The van der Waals surface area contributed by atoms with Gasteiger partial charge in [0, 0.05) is 37.5 Å². The lowest BCUT2D eigenvalue weighted by Crippen LogP contribution is -2.45. The van der Waals surface area contributed by atoms with Gasteiger partial charge in [0.05, 0.1) is 0 Å². The normalized spacial score (nSPS) is 18.4. The number of hydrogen-bond acceptors (Lipinski definition) is 3. The minimum atomic E-state index is -0.493. The molecular formula is C12H23N3O2. The molecule has 0 bridgehead atoms. The molecule has 1 rings (SSSR count). The Kier molecular flexibility index (Phi) is 4.51. The number of likely N-dealkylation sites (tertiary alicyclic amines) is 1. The van der Waals surface area contributed by atoms with Crippen molar-refractivity contribution in [3.63, 3.8) is 0 Å². The van der Waals surface area contributed by atoms with Crippen molar-refractivity contribution in [2.75, 3.05) is 13.1 Å². The van der Waals surface area contributed by atoms with Crippen LogP contribution in [0.1, 0.15) is 40.0 Å². The summed E-state index contributed by atoms with van der Waals surface area (Å²) in [6.07, 6.45) is 1.86. The molecule has 0 radical (unpaired) electrons. The Balaban J connectivity index is 2.31. The van der Waals surface area contributed by atoms with Gasteiger partial charge in [-0.05, 0) is 27.2 Å². The highest BCUT2D eigenvalue weighted by Crippen LogP contribution is 2.10. The van der Waals surface area contributed by atoms with Gasteiger partial charge < -0.3 is 16.0 Å². The Labute approximate surface area is 103 Å². The first-order valence-corrected chi connectivity index (χ1v) is 6.14. The fraction of sp³-hybridized carbons (Fsp3) is 0.833. The van der Waals surface area contributed by atoms with Crippen LogP contribution in [0.5, 0.6) is 0 Å². The molecule has 1 unspecified atom stereocenters. The highest BCUT2D eigenvalue weighted by molar-refractivity contribution is 5.79. The number of rotatable bonds is 5. The standard InChI is InChI=1S/C12H23N3O2/c1-9(8-15-6-4-5-11(15)17)14-10(16)7-12(2,3)13/h9H,4-8,13H2,1-3H3,(H,14,16). The molecule has 1 heterocycles. The van der Waals surface area contributed by atoms with Crippen LogP contribution in [0.15, 0.2) is 0 Å². The Morgan fingerprint density at radius 1 is 1.59 bits per heavy atom. The second-order valence-electron chi connectivity index (χ2n) is 5.58. The van der Waals surface area contributed by atoms with Crippen LogP contribution in [0.2, 0.25) is 0 Å². The molecule has 0 aliphatic carbocycles. The third-order valence-electron chi connectivity index (χ3n) is 2.69. The van der Waals surface area contributed by atoms with Crippen molar-refractivity contribution in [3.05, 3.63) is 0 Å². The third-order valence-corrected chi connectivity index (χ3v) is 2.69. The fourth-order valence-corrected chi connectivity index (χ4v) is 2.01. The molecule has 17 heavy (non-hydrogen) atoms. The molecule has 2 amide bonds. The first kappa shape index (κ1) is 14.0. The van der Waals surface area contributed by atoms with Crippen LogP contribution in [0.3, 0.4) is 0 Å². The first-order valence-electron chi connectivity index (χ1n) is 6.14. The molecule has 1 fully saturated rings. The van der Waals surface area contributed by atoms with Crippen LogP contribution in [-0.4, -0.2) is 41.4 Å². The van der Waals surface area contributed by atoms with Gasteiger partial charge in [-0.25, -0.2) is 0 Å². The zero-order valence-corrected chi connectivity index (χ0v) is 11.0. The van der Waals surface area contributed by atoms with E-state index in [0.717, 1.165) is 13.0 Å². The Hall–Kier alpha value is -1.10. The summed E-state index contributed by atoms with van der Waals surface area (Å²) in [5, 5.41) is 2.87. The minimum Gasteiger partial charge on any atom is -0.352 e. The van der Waals surface area contributed by atoms with Crippen LogP contribution < -0.4 is 11.1 Å². The molecule has 0 aromatic rings. The summed E-state index contributed by atoms with van der Waals surface area (Å²) in [5.74, 6) is 0.127. The van der Waals surface area contributed by atoms with Crippen molar-refractivity contribution in [3.8, 4) is 0 Å². The fourth-order valence-electron chi connectivity index (χ4n) is 2.01. The van der Waals surface area contributed by atoms with E-state index in [0.29, 0.717) is 19.4 Å². The maximum Gasteiger partial charge on any atom is 0.222 e. The van der Waals surface area contributed by atoms with Crippen LogP contribution in [-0.2, 0) is 9.59 Å². The molecular weight excluding hydrogens is 218 g/mol. The van der Waals surface area contributed by atoms with E-state index >= 15 is 0 Å². The zero-order valence-electron chi connectivity index (χ0n) is 11.0. The van der Waals surface area contributed by atoms with Crippen molar-refractivity contribution in [2.24, 2.45) is 5.73 Å². The minimum absolute atomic E-state index is 0.0214. The molecule has 3 N–H and O–H groups in total. The van der Waals surface area contributed by atoms with E-state index in [4.69, 9.17) is 5.73 Å². The van der Waals surface area contributed by atoms with E-state index in [1.165, 1.54) is 0 Å². The van der Waals surface area contributed by atoms with Gasteiger partial charge in [-0.1, -0.05) is 0 Å². The third kappa shape index (κ3) is 5.17. The second-order valence-corrected chi connectivity index (χ2v) is 5.58. The van der Waals surface area contributed by atoms with Crippen molar-refractivity contribution >= 4 is 11.8 Å². The lowest BCUT2D eigenvalue weighted by Gasteiger charge is -2.23. The highest BCUT2D eigenvalue weighted by atomic mass is 16.2. The van der Waals surface area contributed by atoms with Gasteiger partial charge in [-0.15, -0.1) is 0 Å². The summed E-state index contributed by atoms with van der Waals surface area (Å²) in [7, 11) is 0. The molecule has 5 heteroatoms. The lowest BCUT2D eigenvalue weighted by atomic mass is 10.0. The van der Waals surface area contributed by atoms with Gasteiger partial charge in [0.25, 0.3) is 0 Å². The lowest BCUT2D eigenvalue weighted by molar-refractivity contribution is -0.129. The van der Waals surface area contributed by atoms with E-state index in [2.05, 4.69) is 5.32 Å². The SMILES string of the molecule is CC(CN1CCCC1=O)NC(=O)CC(C)(C)N. The molecule has 0 saturated carbocycles. The maximum atomic E-state index is 11.6. The Bertz CT molecular complexity index is 297. The zero-order chi connectivity index (χ0) is 13.1. The summed E-state index contributed by atoms with van der Waals surface area (Å²) >= 11 is 0. The molecule has 0 aromatic heterocycles. The second kappa shape index (κ2) is 5.49. The average molecular weight is 241 g/mol. The van der Waals surface area contributed by atoms with Crippen LogP contribution in [0.25, 0.3) is 0 Å². The van der Waals surface area contributed by atoms with Crippen molar-refractivity contribution < 1.29 is 9.59 Å². The molecule has 1 atom stereocenters. The Morgan fingerprint density at radius 3 is 2.71 bits per heavy atom. The molecule has 5 nitrogen and oxygen atoms in total. The largest absolute Gasteiger partial charge is 0.352 e. The van der Waals surface area contributed by atoms with Crippen molar-refractivity contribution in [1.82, 2.24) is 10.2 Å². The average Bonchev–Trinajstić information content (AvgIpc) is 2.47. The summed E-state index contributed by atoms with van der Waals surface area (Å²) in [6.45, 7) is 6.95. The maximum absolute atomic E-state index is 11.6. The van der Waals surface area contributed by atoms with Gasteiger partial charge in [0.2, 0.25) is 11.8 Å². The number of nitrogens with one attached hydrogen (secondary N) is 1. The van der Waals surface area contributed by atoms with Crippen molar-refractivity contribution in [2.45, 2.75) is 51.6 Å². The quantitative estimate of drug-likeness (QED) is 0.724.